The lowest BCUT2D eigenvalue weighted by Crippen LogP contribution is -2.09. The van der Waals surface area contributed by atoms with Crippen LogP contribution in [0.5, 0.6) is 5.75 Å². The van der Waals surface area contributed by atoms with Gasteiger partial charge in [0.1, 0.15) is 5.75 Å². The lowest BCUT2D eigenvalue weighted by molar-refractivity contribution is 0.414. The summed E-state index contributed by atoms with van der Waals surface area (Å²) in [5, 5.41) is 0. The van der Waals surface area contributed by atoms with Crippen molar-refractivity contribution in [2.45, 2.75) is 13.0 Å². The van der Waals surface area contributed by atoms with Crippen molar-refractivity contribution in [3.05, 3.63) is 34.3 Å². The Morgan fingerprint density at radius 3 is 2.79 bits per heavy atom. The molecule has 2 nitrogen and oxygen atoms in total. The molecule has 76 valence electrons. The molecular formula is C11H14BrNO. The van der Waals surface area contributed by atoms with Crippen molar-refractivity contribution in [3.63, 3.8) is 0 Å². The van der Waals surface area contributed by atoms with Gasteiger partial charge in [0.05, 0.1) is 7.11 Å². The van der Waals surface area contributed by atoms with Crippen LogP contribution in [-0.2, 0) is 0 Å². The summed E-state index contributed by atoms with van der Waals surface area (Å²) >= 11 is 3.41. The van der Waals surface area contributed by atoms with Crippen LogP contribution in [0.3, 0.4) is 0 Å². The standard InChI is InChI=1S/C11H14BrNO/c1-8(13)3-4-9-7-10(12)5-6-11(9)14-2/h3-8H,13H2,1-2H3/b4-3+. The highest BCUT2D eigenvalue weighted by molar-refractivity contribution is 9.10. The molecule has 14 heavy (non-hydrogen) atoms. The molecule has 0 fully saturated rings. The summed E-state index contributed by atoms with van der Waals surface area (Å²) in [6.45, 7) is 1.93. The van der Waals surface area contributed by atoms with E-state index in [0.717, 1.165) is 15.8 Å². The molecule has 0 spiro atoms. The van der Waals surface area contributed by atoms with Gasteiger partial charge in [-0.3, -0.25) is 0 Å². The third kappa shape index (κ3) is 3.16. The van der Waals surface area contributed by atoms with E-state index in [9.17, 15) is 0 Å². The molecule has 1 unspecified atom stereocenters. The Morgan fingerprint density at radius 1 is 1.50 bits per heavy atom. The van der Waals surface area contributed by atoms with Crippen LogP contribution in [0, 0.1) is 0 Å². The SMILES string of the molecule is COc1ccc(Br)cc1/C=C/C(C)N. The second-order valence-corrected chi connectivity index (χ2v) is 4.02. The number of nitrogens with two attached hydrogens (primary N) is 1. The summed E-state index contributed by atoms with van der Waals surface area (Å²) in [6, 6.07) is 5.92. The van der Waals surface area contributed by atoms with Gasteiger partial charge in [0.15, 0.2) is 0 Å². The van der Waals surface area contributed by atoms with Crippen LogP contribution in [0.25, 0.3) is 6.08 Å². The van der Waals surface area contributed by atoms with Crippen LogP contribution >= 0.6 is 15.9 Å². The molecule has 1 aromatic carbocycles. The maximum absolute atomic E-state index is 5.63. The molecule has 0 saturated carbocycles. The van der Waals surface area contributed by atoms with Gasteiger partial charge in [0.2, 0.25) is 0 Å². The van der Waals surface area contributed by atoms with Gasteiger partial charge in [-0.1, -0.05) is 28.1 Å². The molecule has 1 aromatic rings. The van der Waals surface area contributed by atoms with Gasteiger partial charge in [-0.25, -0.2) is 0 Å². The van der Waals surface area contributed by atoms with Crippen molar-refractivity contribution >= 4 is 22.0 Å². The fraction of sp³-hybridized carbons (Fsp3) is 0.273. The normalized spacial score (nSPS) is 13.1. The zero-order valence-electron chi connectivity index (χ0n) is 8.33. The first-order valence-electron chi connectivity index (χ1n) is 4.41. The van der Waals surface area contributed by atoms with Crippen LogP contribution in [0.1, 0.15) is 12.5 Å². The van der Waals surface area contributed by atoms with E-state index in [4.69, 9.17) is 10.5 Å². The summed E-state index contributed by atoms with van der Waals surface area (Å²) in [5.41, 5.74) is 6.66. The number of halogens is 1. The average Bonchev–Trinajstić information content (AvgIpc) is 2.15. The smallest absolute Gasteiger partial charge is 0.126 e. The minimum absolute atomic E-state index is 0.0543. The summed E-state index contributed by atoms with van der Waals surface area (Å²) in [5.74, 6) is 0.852. The second-order valence-electron chi connectivity index (χ2n) is 3.10. The molecule has 0 aliphatic heterocycles. The fourth-order valence-corrected chi connectivity index (χ4v) is 1.47. The first-order chi connectivity index (χ1) is 6.63. The molecule has 0 amide bonds. The zero-order valence-corrected chi connectivity index (χ0v) is 9.91. The number of ether oxygens (including phenoxy) is 1. The monoisotopic (exact) mass is 255 g/mol. The Balaban J connectivity index is 2.99. The maximum Gasteiger partial charge on any atom is 0.126 e. The summed E-state index contributed by atoms with van der Waals surface area (Å²) in [7, 11) is 1.66. The average molecular weight is 256 g/mol. The Bertz CT molecular complexity index is 334. The number of benzene rings is 1. The highest BCUT2D eigenvalue weighted by Crippen LogP contribution is 2.24. The van der Waals surface area contributed by atoms with Gasteiger partial charge in [-0.15, -0.1) is 0 Å². The molecule has 0 radical (unpaired) electrons. The van der Waals surface area contributed by atoms with Gasteiger partial charge < -0.3 is 10.5 Å². The molecule has 0 heterocycles. The summed E-state index contributed by atoms with van der Waals surface area (Å²) in [6.07, 6.45) is 3.90. The minimum Gasteiger partial charge on any atom is -0.496 e. The molecule has 0 aliphatic carbocycles. The molecule has 0 aromatic heterocycles. The van der Waals surface area contributed by atoms with Crippen LogP contribution < -0.4 is 10.5 Å². The Morgan fingerprint density at radius 2 is 2.21 bits per heavy atom. The Hall–Kier alpha value is -0.800. The van der Waals surface area contributed by atoms with Crippen molar-refractivity contribution < 1.29 is 4.74 Å². The Labute approximate surface area is 92.9 Å². The topological polar surface area (TPSA) is 35.2 Å². The molecule has 0 bridgehead atoms. The second kappa shape index (κ2) is 5.17. The maximum atomic E-state index is 5.63. The number of methoxy groups -OCH3 is 1. The Kier molecular flexibility index (Phi) is 4.17. The van der Waals surface area contributed by atoms with Crippen molar-refractivity contribution in [1.82, 2.24) is 0 Å². The first-order valence-corrected chi connectivity index (χ1v) is 5.20. The molecular weight excluding hydrogens is 242 g/mol. The van der Waals surface area contributed by atoms with Gasteiger partial charge in [-0.2, -0.15) is 0 Å². The van der Waals surface area contributed by atoms with Crippen molar-refractivity contribution in [2.75, 3.05) is 7.11 Å². The molecule has 1 rings (SSSR count). The highest BCUT2D eigenvalue weighted by atomic mass is 79.9. The predicted molar refractivity (Wildman–Crippen MR) is 63.4 cm³/mol. The third-order valence-electron chi connectivity index (χ3n) is 1.77. The lowest BCUT2D eigenvalue weighted by atomic mass is 10.1. The van der Waals surface area contributed by atoms with E-state index in [0.29, 0.717) is 0 Å². The molecule has 0 aliphatic rings. The summed E-state index contributed by atoms with van der Waals surface area (Å²) in [4.78, 5) is 0. The van der Waals surface area contributed by atoms with Gasteiger partial charge >= 0.3 is 0 Å². The molecule has 3 heteroatoms. The zero-order chi connectivity index (χ0) is 10.6. The van der Waals surface area contributed by atoms with Crippen LogP contribution in [-0.4, -0.2) is 13.2 Å². The van der Waals surface area contributed by atoms with Crippen LogP contribution in [0.2, 0.25) is 0 Å². The minimum atomic E-state index is 0.0543. The predicted octanol–water partition coefficient (Wildman–Crippen LogP) is 2.82. The van der Waals surface area contributed by atoms with Crippen molar-refractivity contribution in [2.24, 2.45) is 5.73 Å². The van der Waals surface area contributed by atoms with Gasteiger partial charge in [0.25, 0.3) is 0 Å². The number of hydrogen-bond acceptors (Lipinski definition) is 2. The quantitative estimate of drug-likeness (QED) is 0.902. The van der Waals surface area contributed by atoms with E-state index >= 15 is 0 Å². The van der Waals surface area contributed by atoms with Crippen LogP contribution in [0.15, 0.2) is 28.7 Å². The molecule has 2 N–H and O–H groups in total. The van der Waals surface area contributed by atoms with E-state index in [1.807, 2.05) is 37.3 Å². The van der Waals surface area contributed by atoms with E-state index in [1.54, 1.807) is 7.11 Å². The molecule has 0 saturated heterocycles. The third-order valence-corrected chi connectivity index (χ3v) is 2.26. The van der Waals surface area contributed by atoms with E-state index in [2.05, 4.69) is 15.9 Å². The fourth-order valence-electron chi connectivity index (χ4n) is 1.09. The van der Waals surface area contributed by atoms with Gasteiger partial charge in [0, 0.05) is 16.1 Å². The summed E-state index contributed by atoms with van der Waals surface area (Å²) < 4.78 is 6.25. The first kappa shape index (κ1) is 11.3. The number of rotatable bonds is 3. The number of hydrogen-bond donors (Lipinski definition) is 1. The van der Waals surface area contributed by atoms with Crippen molar-refractivity contribution in [1.29, 1.82) is 0 Å². The lowest BCUT2D eigenvalue weighted by Gasteiger charge is -2.05. The van der Waals surface area contributed by atoms with Gasteiger partial charge in [-0.05, 0) is 25.1 Å². The highest BCUT2D eigenvalue weighted by Gasteiger charge is 1.99. The van der Waals surface area contributed by atoms with E-state index < -0.39 is 0 Å². The van der Waals surface area contributed by atoms with Crippen molar-refractivity contribution in [3.8, 4) is 5.75 Å². The molecule has 1 atom stereocenters. The van der Waals surface area contributed by atoms with E-state index in [1.165, 1.54) is 0 Å². The van der Waals surface area contributed by atoms with Crippen LogP contribution in [0.4, 0.5) is 0 Å². The van der Waals surface area contributed by atoms with E-state index in [-0.39, 0.29) is 6.04 Å². The largest absolute Gasteiger partial charge is 0.496 e.